The van der Waals surface area contributed by atoms with Gasteiger partial charge in [0.05, 0.1) is 11.6 Å². The van der Waals surface area contributed by atoms with E-state index < -0.39 is 0 Å². The van der Waals surface area contributed by atoms with Gasteiger partial charge in [-0.25, -0.2) is 0 Å². The summed E-state index contributed by atoms with van der Waals surface area (Å²) in [5.41, 5.74) is 3.35. The second-order valence-corrected chi connectivity index (χ2v) is 6.72. The summed E-state index contributed by atoms with van der Waals surface area (Å²) >= 11 is 0. The molecule has 3 aromatic rings. The Morgan fingerprint density at radius 3 is 2.85 bits per heavy atom. The minimum Gasteiger partial charge on any atom is -0.483 e. The largest absolute Gasteiger partial charge is 0.483 e. The topological polar surface area (TPSA) is 42.4 Å². The highest BCUT2D eigenvalue weighted by Crippen LogP contribution is 2.33. The van der Waals surface area contributed by atoms with E-state index in [4.69, 9.17) is 4.74 Å². The van der Waals surface area contributed by atoms with Gasteiger partial charge >= 0.3 is 0 Å². The van der Waals surface area contributed by atoms with E-state index in [0.717, 1.165) is 30.3 Å². The van der Waals surface area contributed by atoms with E-state index >= 15 is 0 Å². The second-order valence-electron chi connectivity index (χ2n) is 6.72. The van der Waals surface area contributed by atoms with Gasteiger partial charge in [0.1, 0.15) is 5.75 Å². The zero-order valence-electron chi connectivity index (χ0n) is 14.9. The van der Waals surface area contributed by atoms with Crippen LogP contribution in [0.3, 0.4) is 0 Å². The van der Waals surface area contributed by atoms with Crippen molar-refractivity contribution in [2.24, 2.45) is 0 Å². The summed E-state index contributed by atoms with van der Waals surface area (Å²) in [4.78, 5) is 19.1. The van der Waals surface area contributed by atoms with Gasteiger partial charge in [0.25, 0.3) is 5.91 Å². The molecule has 0 saturated carbocycles. The average molecular weight is 346 g/mol. The van der Waals surface area contributed by atoms with E-state index in [1.807, 2.05) is 47.4 Å². The molecule has 1 aliphatic heterocycles. The average Bonchev–Trinajstić information content (AvgIpc) is 3.16. The van der Waals surface area contributed by atoms with Crippen LogP contribution >= 0.6 is 0 Å². The molecule has 1 amide bonds. The van der Waals surface area contributed by atoms with Gasteiger partial charge in [0, 0.05) is 18.1 Å². The Morgan fingerprint density at radius 2 is 1.96 bits per heavy atom. The number of para-hydroxylation sites is 1. The number of amides is 1. The number of ether oxygens (including phenoxy) is 1. The highest BCUT2D eigenvalue weighted by molar-refractivity contribution is 5.85. The predicted molar refractivity (Wildman–Crippen MR) is 102 cm³/mol. The first-order valence-electron chi connectivity index (χ1n) is 9.05. The van der Waals surface area contributed by atoms with Crippen LogP contribution in [0, 0.1) is 6.92 Å². The van der Waals surface area contributed by atoms with E-state index in [-0.39, 0.29) is 18.6 Å². The molecule has 1 saturated heterocycles. The summed E-state index contributed by atoms with van der Waals surface area (Å²) in [7, 11) is 0. The summed E-state index contributed by atoms with van der Waals surface area (Å²) in [6.07, 6.45) is 3.76. The summed E-state index contributed by atoms with van der Waals surface area (Å²) in [6.45, 7) is 2.95. The molecule has 4 nitrogen and oxygen atoms in total. The molecule has 1 aliphatic rings. The molecule has 1 fully saturated rings. The molecule has 4 heteroatoms. The number of pyridine rings is 1. The molecular weight excluding hydrogens is 324 g/mol. The molecule has 1 atom stereocenters. The van der Waals surface area contributed by atoms with Crippen molar-refractivity contribution in [2.75, 3.05) is 13.2 Å². The van der Waals surface area contributed by atoms with Crippen molar-refractivity contribution in [1.82, 2.24) is 9.88 Å². The number of aryl methyl sites for hydroxylation is 1. The maximum absolute atomic E-state index is 12.8. The Morgan fingerprint density at radius 1 is 1.15 bits per heavy atom. The van der Waals surface area contributed by atoms with Crippen LogP contribution in [-0.2, 0) is 4.79 Å². The van der Waals surface area contributed by atoms with E-state index in [2.05, 4.69) is 24.0 Å². The van der Waals surface area contributed by atoms with Crippen LogP contribution < -0.4 is 4.74 Å². The van der Waals surface area contributed by atoms with Crippen LogP contribution in [0.1, 0.15) is 30.0 Å². The van der Waals surface area contributed by atoms with E-state index in [1.54, 1.807) is 6.20 Å². The van der Waals surface area contributed by atoms with Crippen molar-refractivity contribution in [3.05, 3.63) is 71.9 Å². The third-order valence-corrected chi connectivity index (χ3v) is 5.08. The SMILES string of the molecule is Cc1ccccc1C1CCCN1C(=O)COc1ccnc2ccccc12. The van der Waals surface area contributed by atoms with Crippen LogP contribution in [0.25, 0.3) is 10.9 Å². The fourth-order valence-electron chi connectivity index (χ4n) is 3.77. The number of carbonyl (C=O) groups is 1. The molecule has 1 aromatic heterocycles. The van der Waals surface area contributed by atoms with Gasteiger partial charge in [-0.3, -0.25) is 9.78 Å². The molecule has 1 unspecified atom stereocenters. The lowest BCUT2D eigenvalue weighted by Crippen LogP contribution is -2.34. The van der Waals surface area contributed by atoms with Gasteiger partial charge < -0.3 is 9.64 Å². The number of nitrogens with zero attached hydrogens (tertiary/aromatic N) is 2. The molecule has 0 spiro atoms. The summed E-state index contributed by atoms with van der Waals surface area (Å²) in [6, 6.07) is 18.1. The molecule has 0 N–H and O–H groups in total. The fraction of sp³-hybridized carbons (Fsp3) is 0.273. The lowest BCUT2D eigenvalue weighted by atomic mass is 9.99. The lowest BCUT2D eigenvalue weighted by Gasteiger charge is -2.26. The molecule has 0 radical (unpaired) electrons. The molecule has 2 aromatic carbocycles. The number of benzene rings is 2. The highest BCUT2D eigenvalue weighted by atomic mass is 16.5. The van der Waals surface area contributed by atoms with Crippen LogP contribution in [0.15, 0.2) is 60.8 Å². The van der Waals surface area contributed by atoms with Crippen LogP contribution in [0.4, 0.5) is 0 Å². The molecular formula is C22H22N2O2. The van der Waals surface area contributed by atoms with Crippen molar-refractivity contribution < 1.29 is 9.53 Å². The molecule has 0 bridgehead atoms. The minimum atomic E-state index is 0.0386. The second kappa shape index (κ2) is 7.16. The smallest absolute Gasteiger partial charge is 0.261 e. The van der Waals surface area contributed by atoms with Crippen molar-refractivity contribution in [3.8, 4) is 5.75 Å². The number of likely N-dealkylation sites (tertiary alicyclic amines) is 1. The number of hydrogen-bond acceptors (Lipinski definition) is 3. The number of hydrogen-bond donors (Lipinski definition) is 0. The first-order valence-corrected chi connectivity index (χ1v) is 9.05. The zero-order valence-corrected chi connectivity index (χ0v) is 14.9. The van der Waals surface area contributed by atoms with Gasteiger partial charge in [0.2, 0.25) is 0 Å². The predicted octanol–water partition coefficient (Wildman–Crippen LogP) is 4.29. The molecule has 0 aliphatic carbocycles. The standard InChI is InChI=1S/C22H22N2O2/c1-16-7-2-3-8-17(16)20-11-6-14-24(20)22(25)15-26-21-12-13-23-19-10-5-4-9-18(19)21/h2-5,7-10,12-13,20H,6,11,14-15H2,1H3. The van der Waals surface area contributed by atoms with Crippen molar-refractivity contribution in [2.45, 2.75) is 25.8 Å². The third-order valence-electron chi connectivity index (χ3n) is 5.08. The first-order chi connectivity index (χ1) is 12.7. The van der Waals surface area contributed by atoms with Crippen LogP contribution in [0.2, 0.25) is 0 Å². The Kier molecular flexibility index (Phi) is 4.57. The van der Waals surface area contributed by atoms with Gasteiger partial charge in [-0.2, -0.15) is 0 Å². The maximum Gasteiger partial charge on any atom is 0.261 e. The Bertz CT molecular complexity index is 933. The Hall–Kier alpha value is -2.88. The zero-order chi connectivity index (χ0) is 17.9. The number of aromatic nitrogens is 1. The monoisotopic (exact) mass is 346 g/mol. The Balaban J connectivity index is 1.50. The van der Waals surface area contributed by atoms with Crippen molar-refractivity contribution >= 4 is 16.8 Å². The van der Waals surface area contributed by atoms with Crippen LogP contribution in [0.5, 0.6) is 5.75 Å². The molecule has 26 heavy (non-hydrogen) atoms. The van der Waals surface area contributed by atoms with Gasteiger partial charge in [-0.15, -0.1) is 0 Å². The number of fused-ring (bicyclic) bond motifs is 1. The van der Waals surface area contributed by atoms with E-state index in [1.165, 1.54) is 11.1 Å². The molecule has 132 valence electrons. The highest BCUT2D eigenvalue weighted by Gasteiger charge is 2.30. The van der Waals surface area contributed by atoms with E-state index in [0.29, 0.717) is 5.75 Å². The Labute approximate surface area is 153 Å². The number of rotatable bonds is 4. The molecule has 2 heterocycles. The number of carbonyl (C=O) groups excluding carboxylic acids is 1. The third kappa shape index (κ3) is 3.15. The minimum absolute atomic E-state index is 0.0386. The van der Waals surface area contributed by atoms with Crippen LogP contribution in [-0.4, -0.2) is 28.9 Å². The normalized spacial score (nSPS) is 16.8. The lowest BCUT2D eigenvalue weighted by molar-refractivity contribution is -0.134. The van der Waals surface area contributed by atoms with Gasteiger partial charge in [0.15, 0.2) is 6.61 Å². The summed E-state index contributed by atoms with van der Waals surface area (Å²) < 4.78 is 5.88. The van der Waals surface area contributed by atoms with E-state index in [9.17, 15) is 4.79 Å². The fourth-order valence-corrected chi connectivity index (χ4v) is 3.77. The quantitative estimate of drug-likeness (QED) is 0.708. The van der Waals surface area contributed by atoms with Crippen molar-refractivity contribution in [1.29, 1.82) is 0 Å². The summed E-state index contributed by atoms with van der Waals surface area (Å²) in [5.74, 6) is 0.743. The first kappa shape index (κ1) is 16.6. The van der Waals surface area contributed by atoms with Gasteiger partial charge in [-0.05, 0) is 49.1 Å². The maximum atomic E-state index is 12.8. The van der Waals surface area contributed by atoms with Gasteiger partial charge in [-0.1, -0.05) is 36.4 Å². The summed E-state index contributed by atoms with van der Waals surface area (Å²) in [5, 5.41) is 0.930. The van der Waals surface area contributed by atoms with Crippen molar-refractivity contribution in [3.63, 3.8) is 0 Å². The molecule has 4 rings (SSSR count).